The van der Waals surface area contributed by atoms with E-state index in [4.69, 9.17) is 5.26 Å². The molecule has 21 heavy (non-hydrogen) atoms. The lowest BCUT2D eigenvalue weighted by Crippen LogP contribution is -2.38. The van der Waals surface area contributed by atoms with Crippen LogP contribution in [0.4, 0.5) is 5.69 Å². The lowest BCUT2D eigenvalue weighted by atomic mass is 10.1. The molecule has 0 heterocycles. The van der Waals surface area contributed by atoms with E-state index >= 15 is 0 Å². The number of para-hydroxylation sites is 1. The Morgan fingerprint density at radius 1 is 1.19 bits per heavy atom. The van der Waals surface area contributed by atoms with Crippen molar-refractivity contribution in [2.45, 2.75) is 27.7 Å². The van der Waals surface area contributed by atoms with Gasteiger partial charge in [-0.3, -0.25) is 9.69 Å². The minimum Gasteiger partial charge on any atom is -0.324 e. The van der Waals surface area contributed by atoms with Crippen molar-refractivity contribution in [1.82, 2.24) is 4.90 Å². The molecule has 0 spiro atoms. The van der Waals surface area contributed by atoms with Crippen LogP contribution in [0.2, 0.25) is 0 Å². The van der Waals surface area contributed by atoms with Gasteiger partial charge in [-0.2, -0.15) is 5.26 Å². The van der Waals surface area contributed by atoms with E-state index in [1.54, 1.807) is 18.2 Å². The molecule has 0 saturated heterocycles. The number of hydrogen-bond donors (Lipinski definition) is 1. The topological polar surface area (TPSA) is 56.1 Å². The van der Waals surface area contributed by atoms with Gasteiger partial charge in [0, 0.05) is 13.1 Å². The molecule has 0 aliphatic carbocycles. The molecule has 4 nitrogen and oxygen atoms in total. The minimum absolute atomic E-state index is 0.0704. The van der Waals surface area contributed by atoms with Crippen LogP contribution in [0.5, 0.6) is 0 Å². The summed E-state index contributed by atoms with van der Waals surface area (Å²) in [5.74, 6) is 0.963. The summed E-state index contributed by atoms with van der Waals surface area (Å²) in [6.07, 6.45) is 0. The van der Waals surface area contributed by atoms with Crippen LogP contribution < -0.4 is 5.32 Å². The molecule has 1 rings (SSSR count). The Bertz CT molecular complexity index is 493. The van der Waals surface area contributed by atoms with E-state index in [0.29, 0.717) is 29.6 Å². The molecule has 0 saturated carbocycles. The van der Waals surface area contributed by atoms with Gasteiger partial charge in [0.1, 0.15) is 6.07 Å². The van der Waals surface area contributed by atoms with Crippen molar-refractivity contribution in [1.29, 1.82) is 5.26 Å². The number of nitrogens with one attached hydrogen (secondary N) is 1. The molecule has 0 fully saturated rings. The molecule has 0 bridgehead atoms. The van der Waals surface area contributed by atoms with Gasteiger partial charge in [0.15, 0.2) is 0 Å². The smallest absolute Gasteiger partial charge is 0.238 e. The van der Waals surface area contributed by atoms with E-state index < -0.39 is 0 Å². The van der Waals surface area contributed by atoms with Crippen LogP contribution in [-0.4, -0.2) is 30.4 Å². The normalized spacial score (nSPS) is 11.0. The molecule has 1 aromatic rings. The third-order valence-electron chi connectivity index (χ3n) is 2.94. The van der Waals surface area contributed by atoms with Crippen molar-refractivity contribution in [3.05, 3.63) is 29.8 Å². The average Bonchev–Trinajstić information content (AvgIpc) is 2.37. The van der Waals surface area contributed by atoms with Gasteiger partial charge in [0.2, 0.25) is 5.91 Å². The highest BCUT2D eigenvalue weighted by molar-refractivity contribution is 5.93. The summed E-state index contributed by atoms with van der Waals surface area (Å²) < 4.78 is 0. The van der Waals surface area contributed by atoms with Crippen molar-refractivity contribution in [2.24, 2.45) is 11.8 Å². The minimum atomic E-state index is -0.0704. The number of carbonyl (C=O) groups is 1. The zero-order valence-corrected chi connectivity index (χ0v) is 13.4. The maximum atomic E-state index is 12.2. The largest absolute Gasteiger partial charge is 0.324 e. The zero-order valence-electron chi connectivity index (χ0n) is 13.4. The van der Waals surface area contributed by atoms with Crippen LogP contribution in [0.15, 0.2) is 24.3 Å². The summed E-state index contributed by atoms with van der Waals surface area (Å²) in [6.45, 7) is 10.7. The van der Waals surface area contributed by atoms with Crippen LogP contribution in [0.1, 0.15) is 33.3 Å². The van der Waals surface area contributed by atoms with Crippen LogP contribution in [0.3, 0.4) is 0 Å². The lowest BCUT2D eigenvalue weighted by molar-refractivity contribution is -0.117. The van der Waals surface area contributed by atoms with Gasteiger partial charge >= 0.3 is 0 Å². The summed E-state index contributed by atoms with van der Waals surface area (Å²) in [5, 5.41) is 11.9. The van der Waals surface area contributed by atoms with Crippen LogP contribution in [0.25, 0.3) is 0 Å². The summed E-state index contributed by atoms with van der Waals surface area (Å²) in [6, 6.07) is 9.16. The van der Waals surface area contributed by atoms with Crippen LogP contribution in [-0.2, 0) is 4.79 Å². The van der Waals surface area contributed by atoms with Crippen molar-refractivity contribution in [2.75, 3.05) is 25.0 Å². The Hall–Kier alpha value is -1.86. The molecule has 0 radical (unpaired) electrons. The Balaban J connectivity index is 2.67. The molecule has 0 aliphatic heterocycles. The summed E-state index contributed by atoms with van der Waals surface area (Å²) in [7, 11) is 0. The first kappa shape index (κ1) is 17.2. The molecular weight excluding hydrogens is 262 g/mol. The van der Waals surface area contributed by atoms with E-state index in [1.807, 2.05) is 6.07 Å². The second kappa shape index (κ2) is 8.43. The number of benzene rings is 1. The first-order valence-corrected chi connectivity index (χ1v) is 7.43. The Labute approximate surface area is 127 Å². The number of hydrogen-bond acceptors (Lipinski definition) is 3. The van der Waals surface area contributed by atoms with Crippen molar-refractivity contribution >= 4 is 11.6 Å². The van der Waals surface area contributed by atoms with Gasteiger partial charge < -0.3 is 5.32 Å². The first-order chi connectivity index (χ1) is 9.92. The third kappa shape index (κ3) is 6.42. The Morgan fingerprint density at radius 3 is 2.29 bits per heavy atom. The van der Waals surface area contributed by atoms with E-state index in [0.717, 1.165) is 13.1 Å². The summed E-state index contributed by atoms with van der Waals surface area (Å²) in [5.41, 5.74) is 1.07. The van der Waals surface area contributed by atoms with E-state index in [9.17, 15) is 4.79 Å². The highest BCUT2D eigenvalue weighted by atomic mass is 16.2. The van der Waals surface area contributed by atoms with E-state index in [1.165, 1.54) is 0 Å². The fourth-order valence-corrected chi connectivity index (χ4v) is 2.32. The van der Waals surface area contributed by atoms with Gasteiger partial charge in [0.25, 0.3) is 0 Å². The van der Waals surface area contributed by atoms with Gasteiger partial charge in [-0.1, -0.05) is 39.8 Å². The van der Waals surface area contributed by atoms with Crippen molar-refractivity contribution in [3.8, 4) is 6.07 Å². The SMILES string of the molecule is CC(C)CN(CC(=O)Nc1ccccc1C#N)CC(C)C. The number of rotatable bonds is 7. The monoisotopic (exact) mass is 287 g/mol. The molecule has 4 heteroatoms. The van der Waals surface area contributed by atoms with Crippen LogP contribution in [0, 0.1) is 23.2 Å². The van der Waals surface area contributed by atoms with Crippen LogP contribution >= 0.6 is 0 Å². The number of nitrogens with zero attached hydrogens (tertiary/aromatic N) is 2. The fourth-order valence-electron chi connectivity index (χ4n) is 2.32. The number of amides is 1. The predicted molar refractivity (Wildman–Crippen MR) is 85.9 cm³/mol. The maximum Gasteiger partial charge on any atom is 0.238 e. The number of anilines is 1. The molecule has 0 aliphatic rings. The summed E-state index contributed by atoms with van der Waals surface area (Å²) >= 11 is 0. The highest BCUT2D eigenvalue weighted by Crippen LogP contribution is 2.13. The zero-order chi connectivity index (χ0) is 15.8. The molecule has 1 N–H and O–H groups in total. The predicted octanol–water partition coefficient (Wildman–Crippen LogP) is 3.11. The van der Waals surface area contributed by atoms with Gasteiger partial charge in [-0.15, -0.1) is 0 Å². The van der Waals surface area contributed by atoms with Crippen molar-refractivity contribution < 1.29 is 4.79 Å². The molecular formula is C17H25N3O. The number of nitriles is 1. The molecule has 1 amide bonds. The molecule has 0 unspecified atom stereocenters. The summed E-state index contributed by atoms with van der Waals surface area (Å²) in [4.78, 5) is 14.4. The second-order valence-electron chi connectivity index (χ2n) is 6.19. The van der Waals surface area contributed by atoms with Crippen molar-refractivity contribution in [3.63, 3.8) is 0 Å². The molecule has 1 aromatic carbocycles. The quantitative estimate of drug-likeness (QED) is 0.838. The van der Waals surface area contributed by atoms with Gasteiger partial charge in [-0.05, 0) is 24.0 Å². The van der Waals surface area contributed by atoms with E-state index in [2.05, 4.69) is 44.0 Å². The first-order valence-electron chi connectivity index (χ1n) is 7.43. The third-order valence-corrected chi connectivity index (χ3v) is 2.94. The number of carbonyl (C=O) groups excluding carboxylic acids is 1. The Kier molecular flexibility index (Phi) is 6.90. The van der Waals surface area contributed by atoms with E-state index in [-0.39, 0.29) is 5.91 Å². The standard InChI is InChI=1S/C17H25N3O/c1-13(2)10-20(11-14(3)4)12-17(21)19-16-8-6-5-7-15(16)9-18/h5-8,13-14H,10-12H2,1-4H3,(H,19,21). The average molecular weight is 287 g/mol. The lowest BCUT2D eigenvalue weighted by Gasteiger charge is -2.25. The maximum absolute atomic E-state index is 12.2. The van der Waals surface area contributed by atoms with Gasteiger partial charge in [0.05, 0.1) is 17.8 Å². The second-order valence-corrected chi connectivity index (χ2v) is 6.19. The Morgan fingerprint density at radius 2 is 1.76 bits per heavy atom. The van der Waals surface area contributed by atoms with Gasteiger partial charge in [-0.25, -0.2) is 0 Å². The highest BCUT2D eigenvalue weighted by Gasteiger charge is 2.14. The molecule has 0 aromatic heterocycles. The molecule has 0 atom stereocenters. The fraction of sp³-hybridized carbons (Fsp3) is 0.529. The molecule has 114 valence electrons.